The maximum absolute atomic E-state index is 13.3. The molecule has 0 amide bonds. The van der Waals surface area contributed by atoms with E-state index in [1.54, 1.807) is 6.92 Å². The summed E-state index contributed by atoms with van der Waals surface area (Å²) in [5.41, 5.74) is 2.47. The molecule has 0 saturated carbocycles. The van der Waals surface area contributed by atoms with Gasteiger partial charge in [-0.15, -0.1) is 0 Å². The van der Waals surface area contributed by atoms with Crippen LogP contribution in [0.15, 0.2) is 36.6 Å². The number of aromatic nitrogens is 3. The lowest BCUT2D eigenvalue weighted by atomic mass is 9.85. The Morgan fingerprint density at radius 1 is 1.45 bits per heavy atom. The van der Waals surface area contributed by atoms with E-state index in [0.717, 1.165) is 21.2 Å². The summed E-state index contributed by atoms with van der Waals surface area (Å²) < 4.78 is 36.0. The average Bonchev–Trinajstić information content (AvgIpc) is 3.03. The van der Waals surface area contributed by atoms with Gasteiger partial charge >= 0.3 is 0 Å². The Morgan fingerprint density at radius 3 is 3.05 bits per heavy atom. The van der Waals surface area contributed by atoms with Crippen molar-refractivity contribution in [1.29, 1.82) is 0 Å². The van der Waals surface area contributed by atoms with Gasteiger partial charge in [-0.3, -0.25) is 4.79 Å². The summed E-state index contributed by atoms with van der Waals surface area (Å²) in [6.45, 7) is -0.552. The fourth-order valence-electron chi connectivity index (χ4n) is 3.29. The fourth-order valence-corrected chi connectivity index (χ4v) is 3.29. The van der Waals surface area contributed by atoms with Gasteiger partial charge in [0.2, 0.25) is 0 Å². The molecule has 0 N–H and O–H groups in total. The number of hydrogen-bond acceptors (Lipinski definition) is 2. The standard InChI is InChI=1S/C18H19N3O/c1-12-19-9-10-21(12)11-13-7-8-16-17(18(13)22)14-5-3-4-6-15(14)20(16)2/h3-6,9-10,13H,7-8,11H2,1-2H3/i9D,10D,11D2. The normalized spacial score (nSPS) is 21.2. The third-order valence-electron chi connectivity index (χ3n) is 4.45. The van der Waals surface area contributed by atoms with Gasteiger partial charge in [-0.1, -0.05) is 18.2 Å². The van der Waals surface area contributed by atoms with Gasteiger partial charge in [0.15, 0.2) is 5.78 Å². The van der Waals surface area contributed by atoms with Crippen LogP contribution in [0.3, 0.4) is 0 Å². The van der Waals surface area contributed by atoms with Gasteiger partial charge in [0.1, 0.15) is 5.82 Å². The molecule has 0 spiro atoms. The molecule has 0 saturated heterocycles. The van der Waals surface area contributed by atoms with E-state index in [2.05, 4.69) is 4.98 Å². The first-order valence-corrected chi connectivity index (χ1v) is 7.38. The smallest absolute Gasteiger partial charge is 0.170 e. The second-order valence-electron chi connectivity index (χ2n) is 5.70. The molecule has 4 heteroatoms. The van der Waals surface area contributed by atoms with Crippen molar-refractivity contribution in [3.8, 4) is 0 Å². The maximum atomic E-state index is 13.3. The first kappa shape index (κ1) is 9.62. The summed E-state index contributed by atoms with van der Waals surface area (Å²) in [5, 5.41) is 0.838. The highest BCUT2D eigenvalue weighted by atomic mass is 16.1. The van der Waals surface area contributed by atoms with Crippen LogP contribution in [0.5, 0.6) is 0 Å². The van der Waals surface area contributed by atoms with E-state index in [-0.39, 0.29) is 24.0 Å². The monoisotopic (exact) mass is 297 g/mol. The molecule has 1 aromatic carbocycles. The number of imidazole rings is 1. The van der Waals surface area contributed by atoms with Crippen molar-refractivity contribution in [3.63, 3.8) is 0 Å². The summed E-state index contributed by atoms with van der Waals surface area (Å²) in [6.07, 6.45) is 0.364. The largest absolute Gasteiger partial charge is 0.347 e. The van der Waals surface area contributed by atoms with Crippen molar-refractivity contribution in [2.24, 2.45) is 13.0 Å². The molecule has 1 aliphatic rings. The van der Waals surface area contributed by atoms with E-state index in [9.17, 15) is 4.79 Å². The fraction of sp³-hybridized carbons (Fsp3) is 0.333. The van der Waals surface area contributed by atoms with Crippen LogP contribution in [-0.4, -0.2) is 19.9 Å². The molecule has 2 aromatic heterocycles. The quantitative estimate of drug-likeness (QED) is 0.729. The van der Waals surface area contributed by atoms with Crippen molar-refractivity contribution >= 4 is 16.7 Å². The Morgan fingerprint density at radius 2 is 2.27 bits per heavy atom. The number of benzene rings is 1. The van der Waals surface area contributed by atoms with Crippen LogP contribution in [0, 0.1) is 12.8 Å². The van der Waals surface area contributed by atoms with Crippen LogP contribution in [0.25, 0.3) is 10.9 Å². The highest BCUT2D eigenvalue weighted by molar-refractivity contribution is 6.11. The Hall–Kier alpha value is -2.36. The third kappa shape index (κ3) is 1.83. The number of ketones is 1. The lowest BCUT2D eigenvalue weighted by Crippen LogP contribution is -2.27. The van der Waals surface area contributed by atoms with E-state index >= 15 is 0 Å². The number of nitrogens with zero attached hydrogens (tertiary/aromatic N) is 3. The van der Waals surface area contributed by atoms with E-state index < -0.39 is 12.4 Å². The molecule has 112 valence electrons. The maximum Gasteiger partial charge on any atom is 0.170 e. The molecule has 0 bridgehead atoms. The molecular formula is C18H19N3O. The van der Waals surface area contributed by atoms with Crippen LogP contribution in [-0.2, 0) is 20.0 Å². The highest BCUT2D eigenvalue weighted by Crippen LogP contribution is 2.34. The third-order valence-corrected chi connectivity index (χ3v) is 4.45. The molecule has 0 radical (unpaired) electrons. The number of hydrogen-bond donors (Lipinski definition) is 0. The second-order valence-corrected chi connectivity index (χ2v) is 5.70. The van der Waals surface area contributed by atoms with Crippen molar-refractivity contribution in [1.82, 2.24) is 14.1 Å². The van der Waals surface area contributed by atoms with Gasteiger partial charge in [0.05, 0.1) is 5.48 Å². The molecule has 1 unspecified atom stereocenters. The van der Waals surface area contributed by atoms with Gasteiger partial charge in [-0.25, -0.2) is 4.98 Å². The molecule has 4 rings (SSSR count). The average molecular weight is 297 g/mol. The lowest BCUT2D eigenvalue weighted by Gasteiger charge is -2.23. The van der Waals surface area contributed by atoms with E-state index in [0.29, 0.717) is 18.4 Å². The molecule has 3 aromatic rings. The number of fused-ring (bicyclic) bond motifs is 3. The second kappa shape index (κ2) is 4.83. The first-order chi connectivity index (χ1) is 12.2. The van der Waals surface area contributed by atoms with Crippen LogP contribution >= 0.6 is 0 Å². The Kier molecular flexibility index (Phi) is 2.11. The summed E-state index contributed by atoms with van der Waals surface area (Å²) >= 11 is 0. The van der Waals surface area contributed by atoms with Gasteiger partial charge in [-0.05, 0) is 25.8 Å². The lowest BCUT2D eigenvalue weighted by molar-refractivity contribution is 0.0888. The molecule has 2 heterocycles. The molecular weight excluding hydrogens is 274 g/mol. The number of aryl methyl sites for hydroxylation is 2. The minimum absolute atomic E-state index is 0.238. The number of rotatable bonds is 2. The minimum atomic E-state index is -2.11. The molecule has 1 aliphatic carbocycles. The van der Waals surface area contributed by atoms with Crippen LogP contribution in [0.2, 0.25) is 0 Å². The van der Waals surface area contributed by atoms with Crippen molar-refractivity contribution in [2.45, 2.75) is 26.3 Å². The first-order valence-electron chi connectivity index (χ1n) is 9.38. The summed E-state index contributed by atoms with van der Waals surface area (Å²) in [7, 11) is 1.93. The number of carbonyl (C=O) groups is 1. The number of para-hydroxylation sites is 1. The van der Waals surface area contributed by atoms with Crippen molar-refractivity contribution in [3.05, 3.63) is 53.7 Å². The molecule has 0 fully saturated rings. The predicted octanol–water partition coefficient (Wildman–Crippen LogP) is 3.13. The molecule has 1 atom stereocenters. The van der Waals surface area contributed by atoms with Crippen molar-refractivity contribution < 1.29 is 10.3 Å². The zero-order chi connectivity index (χ0) is 18.8. The van der Waals surface area contributed by atoms with E-state index in [1.165, 1.54) is 0 Å². The van der Waals surface area contributed by atoms with Crippen LogP contribution in [0.4, 0.5) is 0 Å². The summed E-state index contributed by atoms with van der Waals surface area (Å²) in [5.74, 6) is -0.925. The van der Waals surface area contributed by atoms with Crippen molar-refractivity contribution in [2.75, 3.05) is 0 Å². The topological polar surface area (TPSA) is 39.8 Å². The number of carbonyl (C=O) groups excluding carboxylic acids is 1. The van der Waals surface area contributed by atoms with Gasteiger partial charge in [0, 0.05) is 54.0 Å². The molecule has 0 aliphatic heterocycles. The minimum Gasteiger partial charge on any atom is -0.347 e. The zero-order valence-corrected chi connectivity index (χ0v) is 12.6. The molecule has 4 nitrogen and oxygen atoms in total. The summed E-state index contributed by atoms with van der Waals surface area (Å²) in [6, 6.07) is 7.65. The van der Waals surface area contributed by atoms with Gasteiger partial charge in [-0.2, -0.15) is 0 Å². The Labute approximate surface area is 135 Å². The van der Waals surface area contributed by atoms with Crippen LogP contribution in [0.1, 0.15) is 33.8 Å². The van der Waals surface area contributed by atoms with E-state index in [1.807, 2.05) is 35.9 Å². The SMILES string of the molecule is [2H]c1nc(C)n(C([2H])([2H])C2CCc3c(c4ccccc4n3C)C2=O)c1[2H]. The van der Waals surface area contributed by atoms with E-state index in [4.69, 9.17) is 5.48 Å². The zero-order valence-electron chi connectivity index (χ0n) is 16.6. The Balaban J connectivity index is 1.86. The predicted molar refractivity (Wildman–Crippen MR) is 86.0 cm³/mol. The van der Waals surface area contributed by atoms with Gasteiger partial charge in [0.25, 0.3) is 0 Å². The molecule has 22 heavy (non-hydrogen) atoms. The van der Waals surface area contributed by atoms with Gasteiger partial charge < -0.3 is 9.13 Å². The Bertz CT molecular complexity index is 1050. The summed E-state index contributed by atoms with van der Waals surface area (Å²) in [4.78, 5) is 17.2. The van der Waals surface area contributed by atoms with Crippen LogP contribution < -0.4 is 0 Å². The highest BCUT2D eigenvalue weighted by Gasteiger charge is 2.32. The number of Topliss-reactive ketones (excluding diaryl/α,β-unsaturated/α-hetero) is 1.